The summed E-state index contributed by atoms with van der Waals surface area (Å²) in [6.45, 7) is 5.33. The molecule has 0 saturated heterocycles. The maximum Gasteiger partial charge on any atom is 0.0834 e. The van der Waals surface area contributed by atoms with Crippen molar-refractivity contribution >= 4 is 11.3 Å². The highest BCUT2D eigenvalue weighted by Crippen LogP contribution is 2.38. The fourth-order valence-corrected chi connectivity index (χ4v) is 4.25. The number of hydrogen-bond donors (Lipinski definition) is 1. The Balaban J connectivity index is 2.00. The number of ether oxygens (including phenoxy) is 1. The minimum Gasteiger partial charge on any atom is -0.374 e. The lowest BCUT2D eigenvalue weighted by Gasteiger charge is -2.45. The molecule has 20 heavy (non-hydrogen) atoms. The van der Waals surface area contributed by atoms with Crippen molar-refractivity contribution < 1.29 is 4.74 Å². The minimum atomic E-state index is 0.0615. The maximum atomic E-state index is 6.28. The van der Waals surface area contributed by atoms with Crippen molar-refractivity contribution in [2.24, 2.45) is 5.92 Å². The molecule has 1 atom stereocenters. The van der Waals surface area contributed by atoms with Crippen LogP contribution in [0, 0.1) is 5.92 Å². The van der Waals surface area contributed by atoms with Crippen molar-refractivity contribution in [3.63, 3.8) is 0 Å². The molecule has 1 unspecified atom stereocenters. The van der Waals surface area contributed by atoms with E-state index in [0.717, 1.165) is 18.9 Å². The van der Waals surface area contributed by atoms with Crippen LogP contribution in [-0.4, -0.2) is 25.3 Å². The topological polar surface area (TPSA) is 21.3 Å². The van der Waals surface area contributed by atoms with E-state index in [-0.39, 0.29) is 5.60 Å². The Kier molecular flexibility index (Phi) is 6.06. The Morgan fingerprint density at radius 1 is 1.45 bits per heavy atom. The van der Waals surface area contributed by atoms with Crippen LogP contribution in [-0.2, 0) is 11.2 Å². The van der Waals surface area contributed by atoms with E-state index >= 15 is 0 Å². The molecule has 0 amide bonds. The summed E-state index contributed by atoms with van der Waals surface area (Å²) < 4.78 is 6.28. The number of likely N-dealkylation sites (N-methyl/N-ethyl adjacent to an activating group) is 1. The SMILES string of the molecule is CCOC1(C(CCc2ccsc2)NC)CCC(C)CC1. The molecule has 2 nitrogen and oxygen atoms in total. The third-order valence-electron chi connectivity index (χ3n) is 4.84. The third-order valence-corrected chi connectivity index (χ3v) is 5.57. The normalized spacial score (nSPS) is 28.4. The molecule has 0 aliphatic heterocycles. The van der Waals surface area contributed by atoms with Crippen LogP contribution in [0.2, 0.25) is 0 Å². The van der Waals surface area contributed by atoms with Crippen molar-refractivity contribution in [3.05, 3.63) is 22.4 Å². The highest BCUT2D eigenvalue weighted by Gasteiger charge is 2.41. The molecule has 1 heterocycles. The first kappa shape index (κ1) is 16.0. The molecule has 0 aromatic carbocycles. The van der Waals surface area contributed by atoms with Crippen molar-refractivity contribution in [2.45, 2.75) is 64.0 Å². The van der Waals surface area contributed by atoms with Gasteiger partial charge in [-0.1, -0.05) is 6.92 Å². The average molecular weight is 295 g/mol. The third kappa shape index (κ3) is 3.84. The molecule has 1 aliphatic rings. The zero-order valence-electron chi connectivity index (χ0n) is 13.2. The van der Waals surface area contributed by atoms with Gasteiger partial charge in [-0.25, -0.2) is 0 Å². The van der Waals surface area contributed by atoms with E-state index < -0.39 is 0 Å². The highest BCUT2D eigenvalue weighted by atomic mass is 32.1. The summed E-state index contributed by atoms with van der Waals surface area (Å²) in [6.07, 6.45) is 7.34. The van der Waals surface area contributed by atoms with Crippen molar-refractivity contribution in [1.82, 2.24) is 5.32 Å². The molecular formula is C17H29NOS. The Hall–Kier alpha value is -0.380. The first-order valence-electron chi connectivity index (χ1n) is 8.02. The minimum absolute atomic E-state index is 0.0615. The van der Waals surface area contributed by atoms with Gasteiger partial charge >= 0.3 is 0 Å². The lowest BCUT2D eigenvalue weighted by atomic mass is 9.74. The van der Waals surface area contributed by atoms with E-state index in [1.807, 2.05) is 0 Å². The smallest absolute Gasteiger partial charge is 0.0834 e. The zero-order valence-corrected chi connectivity index (χ0v) is 14.0. The molecule has 1 fully saturated rings. The van der Waals surface area contributed by atoms with Crippen LogP contribution >= 0.6 is 11.3 Å². The Morgan fingerprint density at radius 3 is 2.75 bits per heavy atom. The molecule has 2 rings (SSSR count). The summed E-state index contributed by atoms with van der Waals surface area (Å²) in [6, 6.07) is 2.71. The summed E-state index contributed by atoms with van der Waals surface area (Å²) in [5.74, 6) is 0.859. The number of nitrogens with one attached hydrogen (secondary N) is 1. The van der Waals surface area contributed by atoms with Crippen LogP contribution < -0.4 is 5.32 Å². The van der Waals surface area contributed by atoms with E-state index in [0.29, 0.717) is 6.04 Å². The van der Waals surface area contributed by atoms with Crippen LogP contribution in [0.1, 0.15) is 51.5 Å². The second-order valence-corrected chi connectivity index (χ2v) is 6.97. The summed E-state index contributed by atoms with van der Waals surface area (Å²) in [4.78, 5) is 0. The quantitative estimate of drug-likeness (QED) is 0.812. The second kappa shape index (κ2) is 7.58. The summed E-state index contributed by atoms with van der Waals surface area (Å²) >= 11 is 1.79. The number of hydrogen-bond acceptors (Lipinski definition) is 3. The van der Waals surface area contributed by atoms with Gasteiger partial charge in [-0.15, -0.1) is 0 Å². The second-order valence-electron chi connectivity index (χ2n) is 6.19. The average Bonchev–Trinajstić information content (AvgIpc) is 2.96. The summed E-state index contributed by atoms with van der Waals surface area (Å²) in [5.41, 5.74) is 1.53. The Labute approximate surface area is 127 Å². The van der Waals surface area contributed by atoms with Crippen molar-refractivity contribution in [2.75, 3.05) is 13.7 Å². The van der Waals surface area contributed by atoms with Gasteiger partial charge in [-0.05, 0) is 80.8 Å². The molecule has 1 N–H and O–H groups in total. The molecule has 114 valence electrons. The lowest BCUT2D eigenvalue weighted by molar-refractivity contribution is -0.0963. The van der Waals surface area contributed by atoms with Gasteiger partial charge in [0.05, 0.1) is 5.60 Å². The van der Waals surface area contributed by atoms with Crippen LogP contribution in [0.3, 0.4) is 0 Å². The standard InChI is InChI=1S/C17H29NOS/c1-4-19-17(10-7-14(2)8-11-17)16(18-3)6-5-15-9-12-20-13-15/h9,12-14,16,18H,4-8,10-11H2,1-3H3. The first-order valence-corrected chi connectivity index (χ1v) is 8.96. The predicted molar refractivity (Wildman–Crippen MR) is 87.5 cm³/mol. The van der Waals surface area contributed by atoms with E-state index in [1.54, 1.807) is 11.3 Å². The van der Waals surface area contributed by atoms with Crippen LogP contribution in [0.25, 0.3) is 0 Å². The van der Waals surface area contributed by atoms with E-state index in [9.17, 15) is 0 Å². The molecule has 1 saturated carbocycles. The number of aryl methyl sites for hydroxylation is 1. The lowest BCUT2D eigenvalue weighted by Crippen LogP contribution is -2.53. The molecule has 3 heteroatoms. The summed E-state index contributed by atoms with van der Waals surface area (Å²) in [7, 11) is 2.09. The van der Waals surface area contributed by atoms with Crippen LogP contribution in [0.15, 0.2) is 16.8 Å². The molecule has 0 spiro atoms. The number of thiophene rings is 1. The van der Waals surface area contributed by atoms with Gasteiger partial charge in [0.25, 0.3) is 0 Å². The molecule has 1 aromatic rings. The number of rotatable bonds is 7. The molecule has 1 aliphatic carbocycles. The van der Waals surface area contributed by atoms with Gasteiger partial charge in [0.15, 0.2) is 0 Å². The first-order chi connectivity index (χ1) is 9.70. The highest BCUT2D eigenvalue weighted by molar-refractivity contribution is 7.07. The predicted octanol–water partition coefficient (Wildman–Crippen LogP) is 4.25. The van der Waals surface area contributed by atoms with Crippen molar-refractivity contribution in [3.8, 4) is 0 Å². The van der Waals surface area contributed by atoms with Gasteiger partial charge in [0.1, 0.15) is 0 Å². The van der Waals surface area contributed by atoms with Gasteiger partial charge in [-0.2, -0.15) is 11.3 Å². The van der Waals surface area contributed by atoms with Gasteiger partial charge in [0, 0.05) is 12.6 Å². The monoisotopic (exact) mass is 295 g/mol. The fourth-order valence-electron chi connectivity index (χ4n) is 3.55. The Bertz CT molecular complexity index is 368. The van der Waals surface area contributed by atoms with Crippen LogP contribution in [0.5, 0.6) is 0 Å². The van der Waals surface area contributed by atoms with E-state index in [2.05, 4.69) is 43.0 Å². The fraction of sp³-hybridized carbons (Fsp3) is 0.765. The maximum absolute atomic E-state index is 6.28. The molecule has 0 bridgehead atoms. The zero-order chi connectivity index (χ0) is 14.4. The molecule has 1 aromatic heterocycles. The Morgan fingerprint density at radius 2 is 2.20 bits per heavy atom. The largest absolute Gasteiger partial charge is 0.374 e. The van der Waals surface area contributed by atoms with Crippen molar-refractivity contribution in [1.29, 1.82) is 0 Å². The van der Waals surface area contributed by atoms with Gasteiger partial charge in [-0.3, -0.25) is 0 Å². The van der Waals surface area contributed by atoms with Crippen LogP contribution in [0.4, 0.5) is 0 Å². The van der Waals surface area contributed by atoms with E-state index in [4.69, 9.17) is 4.74 Å². The molecule has 0 radical (unpaired) electrons. The van der Waals surface area contributed by atoms with Gasteiger partial charge in [0.2, 0.25) is 0 Å². The summed E-state index contributed by atoms with van der Waals surface area (Å²) in [5, 5.41) is 7.99. The van der Waals surface area contributed by atoms with E-state index in [1.165, 1.54) is 37.7 Å². The van der Waals surface area contributed by atoms with Gasteiger partial charge < -0.3 is 10.1 Å². The molecular weight excluding hydrogens is 266 g/mol.